The molecule has 0 radical (unpaired) electrons. The fourth-order valence-corrected chi connectivity index (χ4v) is 5.93. The Kier molecular flexibility index (Phi) is 6.00. The summed E-state index contributed by atoms with van der Waals surface area (Å²) < 4.78 is 35.3. The topological polar surface area (TPSA) is 75.8 Å². The molecule has 0 N–H and O–H groups in total. The molecule has 28 heavy (non-hydrogen) atoms. The number of carbonyl (C=O) groups excluding carboxylic acids is 1. The van der Waals surface area contributed by atoms with Crippen LogP contribution in [0.2, 0.25) is 0 Å². The first kappa shape index (κ1) is 20.7. The lowest BCUT2D eigenvalue weighted by atomic mass is 10.2. The van der Waals surface area contributed by atoms with Crippen LogP contribution in [-0.4, -0.2) is 48.2 Å². The highest BCUT2D eigenvalue weighted by molar-refractivity contribution is 7.89. The van der Waals surface area contributed by atoms with Crippen LogP contribution >= 0.6 is 0 Å². The lowest BCUT2D eigenvalue weighted by molar-refractivity contribution is 0.0765. The van der Waals surface area contributed by atoms with Gasteiger partial charge in [0.05, 0.1) is 12.8 Å². The number of amides is 1. The molecule has 0 spiro atoms. The van der Waals surface area contributed by atoms with E-state index in [4.69, 9.17) is 4.42 Å². The summed E-state index contributed by atoms with van der Waals surface area (Å²) in [4.78, 5) is 14.9. The van der Waals surface area contributed by atoms with Crippen molar-refractivity contribution in [3.05, 3.63) is 41.1 Å². The van der Waals surface area contributed by atoms with Crippen LogP contribution in [0.3, 0.4) is 0 Å². The molecule has 3 heterocycles. The van der Waals surface area contributed by atoms with Gasteiger partial charge in [0.1, 0.15) is 16.3 Å². The number of hydrogen-bond donors (Lipinski definition) is 0. The van der Waals surface area contributed by atoms with Crippen molar-refractivity contribution >= 4 is 15.9 Å². The smallest absolute Gasteiger partial charge is 0.270 e. The highest BCUT2D eigenvalue weighted by Crippen LogP contribution is 2.30. The van der Waals surface area contributed by atoms with Gasteiger partial charge in [-0.05, 0) is 38.8 Å². The summed E-state index contributed by atoms with van der Waals surface area (Å²) in [6.45, 7) is 4.89. The predicted molar refractivity (Wildman–Crippen MR) is 107 cm³/mol. The summed E-state index contributed by atoms with van der Waals surface area (Å²) in [7, 11) is -0.196. The molecule has 1 saturated heterocycles. The molecule has 0 saturated carbocycles. The third-order valence-corrected chi connectivity index (χ3v) is 7.71. The van der Waals surface area contributed by atoms with Gasteiger partial charge < -0.3 is 13.9 Å². The lowest BCUT2D eigenvalue weighted by Gasteiger charge is -2.20. The number of carbonyl (C=O) groups is 1. The van der Waals surface area contributed by atoms with Crippen molar-refractivity contribution in [2.75, 3.05) is 20.1 Å². The van der Waals surface area contributed by atoms with Gasteiger partial charge in [-0.15, -0.1) is 0 Å². The molecule has 0 unspecified atom stereocenters. The van der Waals surface area contributed by atoms with Crippen molar-refractivity contribution < 1.29 is 17.6 Å². The Balaban J connectivity index is 1.96. The fraction of sp³-hybridized carbons (Fsp3) is 0.550. The van der Waals surface area contributed by atoms with E-state index in [9.17, 15) is 13.2 Å². The zero-order valence-electron chi connectivity index (χ0n) is 17.1. The van der Waals surface area contributed by atoms with Gasteiger partial charge in [0, 0.05) is 38.4 Å². The maximum absolute atomic E-state index is 13.4. The second kappa shape index (κ2) is 8.13. The van der Waals surface area contributed by atoms with E-state index in [2.05, 4.69) is 0 Å². The quantitative estimate of drug-likeness (QED) is 0.763. The first-order valence-corrected chi connectivity index (χ1v) is 11.1. The number of sulfonamides is 1. The summed E-state index contributed by atoms with van der Waals surface area (Å²) >= 11 is 0. The molecule has 8 heteroatoms. The summed E-state index contributed by atoms with van der Waals surface area (Å²) in [6.07, 6.45) is 5.43. The number of aromatic nitrogens is 1. The Morgan fingerprint density at radius 1 is 1.18 bits per heavy atom. The van der Waals surface area contributed by atoms with Crippen LogP contribution in [0.1, 0.15) is 53.2 Å². The second-order valence-electron chi connectivity index (χ2n) is 7.51. The average molecular weight is 408 g/mol. The molecule has 7 nitrogen and oxygen atoms in total. The predicted octanol–water partition coefficient (Wildman–Crippen LogP) is 3.07. The van der Waals surface area contributed by atoms with Crippen LogP contribution in [0.4, 0.5) is 0 Å². The summed E-state index contributed by atoms with van der Waals surface area (Å²) in [6, 6.07) is 3.58. The molecule has 1 fully saturated rings. The van der Waals surface area contributed by atoms with Crippen molar-refractivity contribution in [1.82, 2.24) is 13.8 Å². The Morgan fingerprint density at radius 2 is 1.82 bits per heavy atom. The van der Waals surface area contributed by atoms with Crippen LogP contribution < -0.4 is 0 Å². The van der Waals surface area contributed by atoms with E-state index in [1.165, 1.54) is 0 Å². The Labute approximate surface area is 167 Å². The molecule has 0 atom stereocenters. The number of furan rings is 1. The molecule has 154 valence electrons. The van der Waals surface area contributed by atoms with E-state index in [0.29, 0.717) is 42.3 Å². The molecule has 2 aromatic heterocycles. The standard InChI is InChI=1S/C20H29N3O4S/c1-15-18(20(24)21(3)14-17-10-9-13-27-17)22(4)16(2)19(15)28(25,26)23-11-7-5-6-8-12-23/h9-10,13H,5-8,11-12,14H2,1-4H3. The maximum atomic E-state index is 13.4. The van der Waals surface area contributed by atoms with E-state index >= 15 is 0 Å². The Morgan fingerprint density at radius 3 is 2.39 bits per heavy atom. The van der Waals surface area contributed by atoms with Crippen LogP contribution in [0.5, 0.6) is 0 Å². The maximum Gasteiger partial charge on any atom is 0.270 e. The van der Waals surface area contributed by atoms with Gasteiger partial charge in [0.2, 0.25) is 10.0 Å². The largest absolute Gasteiger partial charge is 0.467 e. The lowest BCUT2D eigenvalue weighted by Crippen LogP contribution is -2.32. The molecule has 2 aromatic rings. The first-order chi connectivity index (χ1) is 13.2. The van der Waals surface area contributed by atoms with Crippen molar-refractivity contribution in [2.24, 2.45) is 7.05 Å². The zero-order chi connectivity index (χ0) is 20.5. The van der Waals surface area contributed by atoms with Crippen molar-refractivity contribution in [1.29, 1.82) is 0 Å². The van der Waals surface area contributed by atoms with Crippen LogP contribution in [0.25, 0.3) is 0 Å². The SMILES string of the molecule is Cc1c(S(=O)(=O)N2CCCCCC2)c(C)n(C)c1C(=O)N(C)Cc1ccco1. The van der Waals surface area contributed by atoms with Gasteiger partial charge in [-0.1, -0.05) is 12.8 Å². The summed E-state index contributed by atoms with van der Waals surface area (Å²) in [5.41, 5.74) is 1.51. The number of nitrogens with zero attached hydrogens (tertiary/aromatic N) is 3. The average Bonchev–Trinajstić information content (AvgIpc) is 3.09. The van der Waals surface area contributed by atoms with Gasteiger partial charge in [-0.3, -0.25) is 4.79 Å². The molecule has 0 aliphatic carbocycles. The van der Waals surface area contributed by atoms with Crippen molar-refractivity contribution in [3.63, 3.8) is 0 Å². The Hall–Kier alpha value is -2.06. The third-order valence-electron chi connectivity index (χ3n) is 5.55. The molecule has 1 aliphatic heterocycles. The highest BCUT2D eigenvalue weighted by Gasteiger charge is 2.34. The minimum absolute atomic E-state index is 0.225. The molecular formula is C20H29N3O4S. The number of rotatable bonds is 5. The second-order valence-corrected chi connectivity index (χ2v) is 9.38. The molecular weight excluding hydrogens is 378 g/mol. The summed E-state index contributed by atoms with van der Waals surface area (Å²) in [5, 5.41) is 0. The van der Waals surface area contributed by atoms with E-state index in [1.54, 1.807) is 54.0 Å². The third kappa shape index (κ3) is 3.75. The molecule has 1 aliphatic rings. The van der Waals surface area contributed by atoms with Crippen LogP contribution in [-0.2, 0) is 23.6 Å². The molecule has 0 aromatic carbocycles. The van der Waals surface area contributed by atoms with Crippen LogP contribution in [0.15, 0.2) is 27.7 Å². The van der Waals surface area contributed by atoms with Gasteiger partial charge >= 0.3 is 0 Å². The van der Waals surface area contributed by atoms with E-state index < -0.39 is 10.0 Å². The normalized spacial score (nSPS) is 16.1. The fourth-order valence-electron chi connectivity index (χ4n) is 3.93. The van der Waals surface area contributed by atoms with Gasteiger partial charge in [0.15, 0.2) is 0 Å². The first-order valence-electron chi connectivity index (χ1n) is 9.69. The summed E-state index contributed by atoms with van der Waals surface area (Å²) in [5.74, 6) is 0.452. The van der Waals surface area contributed by atoms with E-state index in [-0.39, 0.29) is 10.8 Å². The van der Waals surface area contributed by atoms with E-state index in [0.717, 1.165) is 25.7 Å². The minimum Gasteiger partial charge on any atom is -0.467 e. The molecule has 1 amide bonds. The van der Waals surface area contributed by atoms with Crippen molar-refractivity contribution in [3.8, 4) is 0 Å². The van der Waals surface area contributed by atoms with Crippen molar-refractivity contribution in [2.45, 2.75) is 51.0 Å². The van der Waals surface area contributed by atoms with Gasteiger partial charge in [-0.25, -0.2) is 8.42 Å². The van der Waals surface area contributed by atoms with Gasteiger partial charge in [0.25, 0.3) is 5.91 Å². The number of hydrogen-bond acceptors (Lipinski definition) is 4. The zero-order valence-corrected chi connectivity index (χ0v) is 17.9. The Bertz CT molecular complexity index is 937. The molecule has 3 rings (SSSR count). The highest BCUT2D eigenvalue weighted by atomic mass is 32.2. The molecule has 0 bridgehead atoms. The van der Waals surface area contributed by atoms with Gasteiger partial charge in [-0.2, -0.15) is 4.31 Å². The van der Waals surface area contributed by atoms with E-state index in [1.807, 2.05) is 6.07 Å². The van der Waals surface area contributed by atoms with Crippen LogP contribution in [0, 0.1) is 13.8 Å². The minimum atomic E-state index is -3.63. The monoisotopic (exact) mass is 407 g/mol.